The molecule has 12 saturated carbocycles. The number of nitrogens with one attached hydrogen (secondary N) is 3. The van der Waals surface area contributed by atoms with Crippen LogP contribution in [0.3, 0.4) is 0 Å². The highest BCUT2D eigenvalue weighted by Gasteiger charge is 2.59. The van der Waals surface area contributed by atoms with Crippen molar-refractivity contribution in [2.24, 2.45) is 57.7 Å². The van der Waals surface area contributed by atoms with Crippen LogP contribution in [0.4, 0.5) is 11.6 Å². The molecule has 25 nitrogen and oxygen atoms in total. The SMILES string of the molecule is N#C[C@@H]1C[C@@H]1CO.N#C[C@@H]1C[C@@H]1COc1nc(C(=O)CC23CC(C2)C3)cc(N2CCC(c3c[nH]c4nccnc34)CC2)n1.O=C(CC12CC(C1)C2)c1cc(Cl)nc(Cl)n1.O=C(CC12CC(C1)C2)c1cc(N2CCC(c3[nH]nc4nccnc34)CC2)nc(Cl)n1.c1cnc2c(C3CCCCC3)c[nH]c2n1. The van der Waals surface area contributed by atoms with Crippen LogP contribution in [0.5, 0.6) is 6.01 Å². The fourth-order valence-corrected chi connectivity index (χ4v) is 18.6. The number of piperidine rings is 2. The van der Waals surface area contributed by atoms with E-state index in [1.165, 1.54) is 107 Å². The average molecular weight is 1460 g/mol. The Morgan fingerprint density at radius 3 is 1.46 bits per heavy atom. The van der Waals surface area contributed by atoms with Gasteiger partial charge in [0.2, 0.25) is 10.6 Å². The zero-order valence-electron chi connectivity index (χ0n) is 57.9. The van der Waals surface area contributed by atoms with E-state index in [1.54, 1.807) is 37.2 Å². The number of carbonyl (C=O) groups is 3. The molecule has 2 aliphatic heterocycles. The molecule has 14 fully saturated rings. The Hall–Kier alpha value is -8.75. The topological polar surface area (TPSA) is 350 Å². The van der Waals surface area contributed by atoms with Crippen LogP contribution >= 0.6 is 34.8 Å². The number of aliphatic hydroxyl groups is 1. The van der Waals surface area contributed by atoms with Gasteiger partial charge in [0, 0.05) is 143 Å². The molecule has 11 heterocycles. The number of hydrogen-bond acceptors (Lipinski definition) is 22. The Labute approximate surface area is 616 Å². The molecule has 2 saturated heterocycles. The van der Waals surface area contributed by atoms with Crippen molar-refractivity contribution >= 4 is 97.3 Å². The maximum atomic E-state index is 13.2. The van der Waals surface area contributed by atoms with Gasteiger partial charge in [-0.2, -0.15) is 25.6 Å². The Morgan fingerprint density at radius 1 is 0.529 bits per heavy atom. The summed E-state index contributed by atoms with van der Waals surface area (Å²) >= 11 is 17.6. The Bertz CT molecular complexity index is 4710. The minimum absolute atomic E-state index is 0.0318. The van der Waals surface area contributed by atoms with Gasteiger partial charge >= 0.3 is 6.01 Å². The van der Waals surface area contributed by atoms with E-state index in [-0.39, 0.29) is 79.7 Å². The van der Waals surface area contributed by atoms with Crippen molar-refractivity contribution in [2.45, 2.75) is 165 Å². The van der Waals surface area contributed by atoms with Crippen LogP contribution in [0.2, 0.25) is 15.7 Å². The number of carbonyl (C=O) groups excluding carboxylic acids is 3. The van der Waals surface area contributed by atoms with E-state index in [4.69, 9.17) is 60.2 Å². The van der Waals surface area contributed by atoms with Gasteiger partial charge in [-0.1, -0.05) is 30.9 Å². The lowest BCUT2D eigenvalue weighted by Crippen LogP contribution is -2.52. The molecule has 104 heavy (non-hydrogen) atoms. The molecule has 23 rings (SSSR count). The van der Waals surface area contributed by atoms with E-state index in [0.717, 1.165) is 128 Å². The first kappa shape index (κ1) is 69.6. The predicted molar refractivity (Wildman–Crippen MR) is 388 cm³/mol. The summed E-state index contributed by atoms with van der Waals surface area (Å²) in [5.41, 5.74) is 10.9. The number of nitriles is 2. The number of Topliss-reactive ketones (excluding diaryl/α,β-unsaturated/α-hetero) is 3. The summed E-state index contributed by atoms with van der Waals surface area (Å²) in [6.07, 6.45) is 39.2. The van der Waals surface area contributed by atoms with Crippen molar-refractivity contribution in [3.8, 4) is 18.1 Å². The van der Waals surface area contributed by atoms with Crippen LogP contribution in [0.1, 0.15) is 214 Å². The summed E-state index contributed by atoms with van der Waals surface area (Å²) in [5, 5.41) is 33.4. The van der Waals surface area contributed by atoms with E-state index in [9.17, 15) is 14.4 Å². The van der Waals surface area contributed by atoms with E-state index in [2.05, 4.69) is 103 Å². The van der Waals surface area contributed by atoms with E-state index in [0.29, 0.717) is 72.3 Å². The van der Waals surface area contributed by atoms with Crippen molar-refractivity contribution in [1.29, 1.82) is 10.5 Å². The number of rotatable bonds is 18. The second-order valence-electron chi connectivity index (χ2n) is 31.5. The molecule has 0 amide bonds. The zero-order chi connectivity index (χ0) is 71.3. The molecule has 12 aliphatic carbocycles. The molecule has 538 valence electrons. The number of fused-ring (bicyclic) bond motifs is 3. The van der Waals surface area contributed by atoms with Gasteiger partial charge in [0.15, 0.2) is 34.3 Å². The maximum absolute atomic E-state index is 13.2. The normalized spacial score (nSPS) is 27.2. The molecular weight excluding hydrogens is 1380 g/mol. The largest absolute Gasteiger partial charge is 0.463 e. The maximum Gasteiger partial charge on any atom is 0.319 e. The lowest BCUT2D eigenvalue weighted by atomic mass is 9.43. The number of aromatic amines is 3. The smallest absolute Gasteiger partial charge is 0.319 e. The minimum Gasteiger partial charge on any atom is -0.463 e. The quantitative estimate of drug-likeness (QED) is 0.0352. The van der Waals surface area contributed by atoms with Gasteiger partial charge in [0.25, 0.3) is 0 Å². The molecule has 0 aromatic carbocycles. The fourth-order valence-electron chi connectivity index (χ4n) is 18.0. The number of ketones is 3. The highest BCUT2D eigenvalue weighted by atomic mass is 35.5. The Morgan fingerprint density at radius 2 is 0.981 bits per heavy atom. The number of aromatic nitrogens is 16. The molecule has 0 unspecified atom stereocenters. The van der Waals surface area contributed by atoms with Crippen LogP contribution < -0.4 is 14.5 Å². The Balaban J connectivity index is 0.000000109. The van der Waals surface area contributed by atoms with Crippen molar-refractivity contribution in [3.63, 3.8) is 0 Å². The van der Waals surface area contributed by atoms with Crippen LogP contribution in [0.25, 0.3) is 33.5 Å². The second-order valence-corrected chi connectivity index (χ2v) is 32.6. The number of ether oxygens (including phenoxy) is 1. The van der Waals surface area contributed by atoms with Gasteiger partial charge < -0.3 is 29.6 Å². The molecule has 0 spiro atoms. The van der Waals surface area contributed by atoms with Crippen LogP contribution in [0, 0.1) is 80.3 Å². The van der Waals surface area contributed by atoms with Crippen molar-refractivity contribution in [2.75, 3.05) is 49.2 Å². The van der Waals surface area contributed by atoms with Gasteiger partial charge in [0.05, 0.1) is 36.3 Å². The van der Waals surface area contributed by atoms with Crippen molar-refractivity contribution < 1.29 is 24.2 Å². The van der Waals surface area contributed by atoms with Gasteiger partial charge in [-0.15, -0.1) is 0 Å². The summed E-state index contributed by atoms with van der Waals surface area (Å²) in [4.78, 5) is 101. The monoisotopic (exact) mass is 1460 g/mol. The molecule has 6 bridgehead atoms. The van der Waals surface area contributed by atoms with E-state index >= 15 is 0 Å². The van der Waals surface area contributed by atoms with Crippen molar-refractivity contribution in [3.05, 3.63) is 117 Å². The second kappa shape index (κ2) is 29.3. The first-order valence-corrected chi connectivity index (χ1v) is 38.2. The van der Waals surface area contributed by atoms with Crippen LogP contribution in [-0.2, 0) is 0 Å². The van der Waals surface area contributed by atoms with Crippen LogP contribution in [0.15, 0.2) is 67.8 Å². The highest BCUT2D eigenvalue weighted by Crippen LogP contribution is 2.68. The predicted octanol–water partition coefficient (Wildman–Crippen LogP) is 13.9. The lowest BCUT2D eigenvalue weighted by Gasteiger charge is -2.61. The Kier molecular flexibility index (Phi) is 19.6. The molecule has 0 radical (unpaired) electrons. The van der Waals surface area contributed by atoms with Crippen LogP contribution in [-0.4, -0.2) is 142 Å². The summed E-state index contributed by atoms with van der Waals surface area (Å²) in [7, 11) is 0. The molecule has 14 aliphatic rings. The molecule has 4 atom stereocenters. The highest BCUT2D eigenvalue weighted by molar-refractivity contribution is 6.32. The van der Waals surface area contributed by atoms with Crippen molar-refractivity contribution in [1.82, 2.24) is 80.0 Å². The third kappa shape index (κ3) is 15.0. The number of hydrogen-bond donors (Lipinski definition) is 4. The van der Waals surface area contributed by atoms with Gasteiger partial charge in [0.1, 0.15) is 50.4 Å². The van der Waals surface area contributed by atoms with Gasteiger partial charge in [-0.05, 0) is 184 Å². The minimum atomic E-state index is 0.0318. The fraction of sp³-hybridized carbons (Fsp3) is 0.553. The standard InChI is InChI=1S/C27H29N7O2.C21H22ClN7O.C12H15N3.C11H10Cl2N2O.C5H7NO/c28-13-18-7-19(18)15-36-26-32-21(22(35)12-27-9-16(10-27)11-27)8-23(33-26)34-5-1-17(2-6-34)20-14-31-25-24(20)29-3-4-30-25;22-20-25-14(15(30)11-21-8-12(9-21)10-21)7-16(26-20)29-5-1-13(2-6-29)17-18-19(28-27-17)24-4-3-23-18;1-2-4-9(5-3-1)10-8-15-12-11(10)13-6-7-14-12;12-9-1-7(14-10(13)15-9)8(16)5-11-2-6(3-11)4-11;6-2-4-1-5(4)3-7/h3-4,8,14,16-19H,1-2,5-7,9-12,15H2,(H,30,31);3-4,7,12-13H,1-2,5-6,8-11H2,(H,24,27,28);6-9H,1-5H2,(H,14,15);1,6H,2-5H2;4-5,7H,1,3H2/t16?,18-,19+,27?;;;;4-,5+/m0...0/s1. The lowest BCUT2D eigenvalue weighted by molar-refractivity contribution is -0.104. The first-order chi connectivity index (χ1) is 50.6. The van der Waals surface area contributed by atoms with E-state index in [1.807, 2.05) is 18.3 Å². The molecule has 9 aromatic rings. The van der Waals surface area contributed by atoms with E-state index < -0.39 is 0 Å². The molecule has 4 N–H and O–H groups in total. The summed E-state index contributed by atoms with van der Waals surface area (Å²) in [6.45, 7) is 3.90. The number of anilines is 2. The molecular formula is C76H83Cl3N20O5. The molecule has 9 aromatic heterocycles. The average Bonchev–Trinajstić information content (AvgIpc) is 1.11. The van der Waals surface area contributed by atoms with Gasteiger partial charge in [-0.25, -0.2) is 39.9 Å². The molecule has 28 heteroatoms. The third-order valence-electron chi connectivity index (χ3n) is 24.3. The summed E-state index contributed by atoms with van der Waals surface area (Å²) in [6, 6.07) is 9.79. The summed E-state index contributed by atoms with van der Waals surface area (Å²) in [5.74, 6) is 6.51. The summed E-state index contributed by atoms with van der Waals surface area (Å²) < 4.78 is 5.92. The van der Waals surface area contributed by atoms with Gasteiger partial charge in [-0.3, -0.25) is 29.5 Å². The number of nitrogens with zero attached hydrogens (tertiary/aromatic N) is 17. The first-order valence-electron chi connectivity index (χ1n) is 37.0. The number of halogens is 3. The number of H-pyrrole nitrogens is 3. The zero-order valence-corrected chi connectivity index (χ0v) is 60.2. The number of aliphatic hydroxyl groups excluding tert-OH is 1. The third-order valence-corrected chi connectivity index (χ3v) is 24.8.